The molecule has 2 heterocycles. The third-order valence-corrected chi connectivity index (χ3v) is 3.76. The second kappa shape index (κ2) is 6.49. The maximum Gasteiger partial charge on any atom is 0.268 e. The van der Waals surface area contributed by atoms with E-state index in [0.717, 1.165) is 11.3 Å². The Hall–Kier alpha value is -3.22. The number of aromatic nitrogens is 4. The van der Waals surface area contributed by atoms with E-state index >= 15 is 0 Å². The molecule has 2 aromatic heterocycles. The quantitative estimate of drug-likeness (QED) is 0.705. The number of hydrogen-bond acceptors (Lipinski definition) is 4. The van der Waals surface area contributed by atoms with Gasteiger partial charge in [0.1, 0.15) is 18.3 Å². The van der Waals surface area contributed by atoms with Crippen molar-refractivity contribution in [3.63, 3.8) is 0 Å². The van der Waals surface area contributed by atoms with E-state index in [4.69, 9.17) is 0 Å². The summed E-state index contributed by atoms with van der Waals surface area (Å²) in [5, 5.41) is 6.97. The molecule has 0 spiro atoms. The van der Waals surface area contributed by atoms with Gasteiger partial charge in [0.25, 0.3) is 5.91 Å². The molecule has 0 aliphatic rings. The molecule has 7 heteroatoms. The summed E-state index contributed by atoms with van der Waals surface area (Å²) in [5.41, 5.74) is 2.71. The molecule has 3 rings (SSSR count). The fraction of sp³-hybridized carbons (Fsp3) is 0.176. The van der Waals surface area contributed by atoms with Gasteiger partial charge < -0.3 is 10.3 Å². The summed E-state index contributed by atoms with van der Waals surface area (Å²) in [7, 11) is 0. The van der Waals surface area contributed by atoms with Crippen LogP contribution >= 0.6 is 0 Å². The van der Waals surface area contributed by atoms with Gasteiger partial charge in [0.2, 0.25) is 0 Å². The van der Waals surface area contributed by atoms with Crippen LogP contribution in [0.2, 0.25) is 0 Å². The second-order valence-electron chi connectivity index (χ2n) is 5.48. The van der Waals surface area contributed by atoms with E-state index in [1.165, 1.54) is 19.4 Å². The molecule has 0 radical (unpaired) electrons. The van der Waals surface area contributed by atoms with Crippen LogP contribution in [0.3, 0.4) is 0 Å². The first kappa shape index (κ1) is 15.7. The summed E-state index contributed by atoms with van der Waals surface area (Å²) in [6.07, 6.45) is 4.63. The van der Waals surface area contributed by atoms with Crippen molar-refractivity contribution in [2.24, 2.45) is 0 Å². The Morgan fingerprint density at radius 3 is 2.58 bits per heavy atom. The third kappa shape index (κ3) is 3.24. The number of nitrogens with one attached hydrogen (secondary N) is 2. The number of Topliss-reactive ketones (excluding diaryl/α,β-unsaturated/α-hetero) is 1. The van der Waals surface area contributed by atoms with Gasteiger partial charge in [-0.3, -0.25) is 9.59 Å². The van der Waals surface area contributed by atoms with E-state index < -0.39 is 0 Å². The second-order valence-corrected chi connectivity index (χ2v) is 5.48. The molecule has 1 unspecified atom stereocenters. The van der Waals surface area contributed by atoms with Gasteiger partial charge in [0.05, 0.1) is 11.7 Å². The topological polar surface area (TPSA) is 92.7 Å². The highest BCUT2D eigenvalue weighted by molar-refractivity contribution is 5.99. The highest BCUT2D eigenvalue weighted by Crippen LogP contribution is 2.16. The minimum absolute atomic E-state index is 0.0814. The van der Waals surface area contributed by atoms with E-state index in [-0.39, 0.29) is 17.7 Å². The molecule has 2 N–H and O–H groups in total. The van der Waals surface area contributed by atoms with Crippen molar-refractivity contribution < 1.29 is 9.59 Å². The zero-order valence-electron chi connectivity index (χ0n) is 13.4. The zero-order chi connectivity index (χ0) is 17.1. The number of aromatic amines is 1. The molecule has 1 atom stereocenters. The summed E-state index contributed by atoms with van der Waals surface area (Å²) in [4.78, 5) is 30.3. The fourth-order valence-electron chi connectivity index (χ4n) is 2.34. The predicted molar refractivity (Wildman–Crippen MR) is 88.0 cm³/mol. The normalized spacial score (nSPS) is 11.9. The number of ketones is 1. The highest BCUT2D eigenvalue weighted by atomic mass is 16.2. The molecule has 122 valence electrons. The lowest BCUT2D eigenvalue weighted by Crippen LogP contribution is -2.26. The number of carbonyl (C=O) groups is 2. The molecule has 24 heavy (non-hydrogen) atoms. The van der Waals surface area contributed by atoms with E-state index in [1.807, 2.05) is 31.2 Å². The van der Waals surface area contributed by atoms with Crippen molar-refractivity contribution in [2.75, 3.05) is 0 Å². The van der Waals surface area contributed by atoms with Crippen LogP contribution in [0, 0.1) is 0 Å². The number of hydrogen-bond donors (Lipinski definition) is 2. The van der Waals surface area contributed by atoms with E-state index in [0.29, 0.717) is 11.3 Å². The van der Waals surface area contributed by atoms with Gasteiger partial charge in [-0.1, -0.05) is 12.1 Å². The Morgan fingerprint density at radius 1 is 1.25 bits per heavy atom. The molecular formula is C17H17N5O2. The number of carbonyl (C=O) groups excluding carboxylic acids is 2. The lowest BCUT2D eigenvalue weighted by molar-refractivity contribution is 0.0935. The van der Waals surface area contributed by atoms with E-state index in [1.54, 1.807) is 17.1 Å². The van der Waals surface area contributed by atoms with Crippen LogP contribution in [0.25, 0.3) is 5.69 Å². The van der Waals surface area contributed by atoms with Crippen molar-refractivity contribution >= 4 is 11.7 Å². The minimum atomic E-state index is -0.254. The fourth-order valence-corrected chi connectivity index (χ4v) is 2.34. The molecule has 0 aliphatic carbocycles. The van der Waals surface area contributed by atoms with Crippen LogP contribution in [0.5, 0.6) is 0 Å². The largest absolute Gasteiger partial charge is 0.356 e. The van der Waals surface area contributed by atoms with Crippen molar-refractivity contribution in [1.82, 2.24) is 25.1 Å². The Balaban J connectivity index is 1.68. The first-order valence-corrected chi connectivity index (χ1v) is 7.50. The number of nitrogens with zero attached hydrogens (tertiary/aromatic N) is 3. The summed E-state index contributed by atoms with van der Waals surface area (Å²) in [6.45, 7) is 3.36. The third-order valence-electron chi connectivity index (χ3n) is 3.76. The van der Waals surface area contributed by atoms with Gasteiger partial charge in [0, 0.05) is 11.8 Å². The van der Waals surface area contributed by atoms with E-state index in [2.05, 4.69) is 20.4 Å². The summed E-state index contributed by atoms with van der Waals surface area (Å²) >= 11 is 0. The maximum absolute atomic E-state index is 12.2. The Labute approximate surface area is 138 Å². The van der Waals surface area contributed by atoms with Crippen LogP contribution in [-0.4, -0.2) is 31.4 Å². The minimum Gasteiger partial charge on any atom is -0.356 e. The average Bonchev–Trinajstić information content (AvgIpc) is 3.26. The van der Waals surface area contributed by atoms with Gasteiger partial charge in [-0.15, -0.1) is 0 Å². The van der Waals surface area contributed by atoms with Gasteiger partial charge in [-0.25, -0.2) is 9.67 Å². The maximum atomic E-state index is 12.2. The summed E-state index contributed by atoms with van der Waals surface area (Å²) in [6, 6.07) is 9.06. The highest BCUT2D eigenvalue weighted by Gasteiger charge is 2.14. The molecule has 7 nitrogen and oxygen atoms in total. The number of benzene rings is 1. The molecule has 1 aromatic carbocycles. The van der Waals surface area contributed by atoms with Crippen LogP contribution in [0.1, 0.15) is 46.3 Å². The lowest BCUT2D eigenvalue weighted by atomic mass is 10.1. The predicted octanol–water partition coefficient (Wildman–Crippen LogP) is 2.29. The molecule has 1 amide bonds. The first-order valence-electron chi connectivity index (χ1n) is 7.50. The Kier molecular flexibility index (Phi) is 4.24. The monoisotopic (exact) mass is 323 g/mol. The number of amides is 1. The van der Waals surface area contributed by atoms with Crippen molar-refractivity contribution in [3.05, 3.63) is 66.0 Å². The van der Waals surface area contributed by atoms with Crippen LogP contribution in [-0.2, 0) is 0 Å². The van der Waals surface area contributed by atoms with Gasteiger partial charge in [0.15, 0.2) is 5.78 Å². The molecule has 0 bridgehead atoms. The van der Waals surface area contributed by atoms with E-state index in [9.17, 15) is 9.59 Å². The summed E-state index contributed by atoms with van der Waals surface area (Å²) in [5.74, 6) is -0.336. The van der Waals surface area contributed by atoms with Gasteiger partial charge in [-0.2, -0.15) is 5.10 Å². The van der Waals surface area contributed by atoms with Gasteiger partial charge >= 0.3 is 0 Å². The number of H-pyrrole nitrogens is 1. The van der Waals surface area contributed by atoms with Gasteiger partial charge in [-0.05, 0) is 37.6 Å². The van der Waals surface area contributed by atoms with Crippen LogP contribution in [0.15, 0.2) is 49.2 Å². The van der Waals surface area contributed by atoms with Crippen LogP contribution < -0.4 is 5.32 Å². The average molecular weight is 323 g/mol. The molecular weight excluding hydrogens is 306 g/mol. The molecule has 3 aromatic rings. The SMILES string of the molecule is CC(=O)c1c[nH]c(C(=O)NC(C)c2ccc(-n3cncn3)cc2)c1. The smallest absolute Gasteiger partial charge is 0.268 e. The zero-order valence-corrected chi connectivity index (χ0v) is 13.4. The molecule has 0 fully saturated rings. The first-order chi connectivity index (χ1) is 11.5. The summed E-state index contributed by atoms with van der Waals surface area (Å²) < 4.78 is 1.66. The molecule has 0 saturated heterocycles. The molecule has 0 aliphatic heterocycles. The number of rotatable bonds is 5. The van der Waals surface area contributed by atoms with Crippen molar-refractivity contribution in [2.45, 2.75) is 19.9 Å². The Morgan fingerprint density at radius 2 is 2.00 bits per heavy atom. The standard InChI is InChI=1S/C17H17N5O2/c1-11(21-17(24)16-7-14(8-19-16)12(2)23)13-3-5-15(6-4-13)22-10-18-9-20-22/h3-11,19H,1-2H3,(H,21,24). The van der Waals surface area contributed by atoms with Crippen molar-refractivity contribution in [1.29, 1.82) is 0 Å². The van der Waals surface area contributed by atoms with Crippen LogP contribution in [0.4, 0.5) is 0 Å². The molecule has 0 saturated carbocycles. The lowest BCUT2D eigenvalue weighted by Gasteiger charge is -2.14. The van der Waals surface area contributed by atoms with Crippen molar-refractivity contribution in [3.8, 4) is 5.69 Å². The Bertz CT molecular complexity index is 850.